The van der Waals surface area contributed by atoms with Crippen molar-refractivity contribution in [3.63, 3.8) is 0 Å². The fourth-order valence-corrected chi connectivity index (χ4v) is 1.55. The van der Waals surface area contributed by atoms with Crippen molar-refractivity contribution >= 4 is 11.3 Å². The van der Waals surface area contributed by atoms with E-state index in [0.29, 0.717) is 12.2 Å². The topological polar surface area (TPSA) is 60.9 Å². The Morgan fingerprint density at radius 3 is 3.08 bits per heavy atom. The van der Waals surface area contributed by atoms with E-state index in [0.717, 1.165) is 4.88 Å². The second-order valence-corrected chi connectivity index (χ2v) is 3.54. The van der Waals surface area contributed by atoms with Gasteiger partial charge in [-0.15, -0.1) is 11.3 Å². The lowest BCUT2D eigenvalue weighted by atomic mass is 10.3. The van der Waals surface area contributed by atoms with Crippen LogP contribution in [0.5, 0.6) is 0 Å². The molecule has 2 heterocycles. The van der Waals surface area contributed by atoms with E-state index in [1.54, 1.807) is 18.8 Å². The van der Waals surface area contributed by atoms with Crippen LogP contribution in [0.2, 0.25) is 0 Å². The van der Waals surface area contributed by atoms with Gasteiger partial charge in [0.2, 0.25) is 0 Å². The number of hydrogen-bond donors (Lipinski definition) is 0. The van der Waals surface area contributed by atoms with Crippen molar-refractivity contribution in [1.82, 2.24) is 14.7 Å². The third-order valence-electron chi connectivity index (χ3n) is 1.71. The fraction of sp³-hybridized carbons (Fsp3) is 0.286. The molecule has 0 radical (unpaired) electrons. The van der Waals surface area contributed by atoms with Crippen LogP contribution in [-0.4, -0.2) is 14.7 Å². The van der Waals surface area contributed by atoms with E-state index in [2.05, 4.69) is 14.7 Å². The molecule has 2 aromatic rings. The van der Waals surface area contributed by atoms with Gasteiger partial charge in [0.05, 0.1) is 5.51 Å². The molecule has 5 nitrogen and oxygen atoms in total. The lowest BCUT2D eigenvalue weighted by Gasteiger charge is -1.92. The summed E-state index contributed by atoms with van der Waals surface area (Å²) in [7, 11) is 1.63. The van der Waals surface area contributed by atoms with E-state index < -0.39 is 5.76 Å². The minimum Gasteiger partial charge on any atom is -0.296 e. The molecule has 0 fully saturated rings. The van der Waals surface area contributed by atoms with Gasteiger partial charge in [-0.25, -0.2) is 4.79 Å². The smallest absolute Gasteiger partial charge is 0.296 e. The first-order valence-electron chi connectivity index (χ1n) is 3.66. The summed E-state index contributed by atoms with van der Waals surface area (Å²) in [4.78, 5) is 15.9. The Balaban J connectivity index is 2.29. The molecule has 0 aliphatic carbocycles. The van der Waals surface area contributed by atoms with Gasteiger partial charge in [0.1, 0.15) is 0 Å². The Morgan fingerprint density at radius 1 is 1.69 bits per heavy atom. The summed E-state index contributed by atoms with van der Waals surface area (Å²) in [6.07, 6.45) is 2.34. The van der Waals surface area contributed by atoms with E-state index in [9.17, 15) is 4.79 Å². The second-order valence-electron chi connectivity index (χ2n) is 2.57. The van der Waals surface area contributed by atoms with Crippen molar-refractivity contribution in [3.05, 3.63) is 33.0 Å². The van der Waals surface area contributed by atoms with Gasteiger partial charge in [-0.3, -0.25) is 14.1 Å². The van der Waals surface area contributed by atoms with Gasteiger partial charge in [0.15, 0.2) is 5.82 Å². The molecule has 0 saturated heterocycles. The Morgan fingerprint density at radius 2 is 2.54 bits per heavy atom. The van der Waals surface area contributed by atoms with Crippen molar-refractivity contribution in [2.45, 2.75) is 6.42 Å². The lowest BCUT2D eigenvalue weighted by Crippen LogP contribution is -2.12. The number of rotatable bonds is 2. The second kappa shape index (κ2) is 3.14. The van der Waals surface area contributed by atoms with Crippen LogP contribution >= 0.6 is 11.3 Å². The molecule has 6 heteroatoms. The van der Waals surface area contributed by atoms with E-state index in [1.165, 1.54) is 15.9 Å². The molecule has 2 rings (SSSR count). The van der Waals surface area contributed by atoms with E-state index >= 15 is 0 Å². The highest BCUT2D eigenvalue weighted by Crippen LogP contribution is 2.09. The molecule has 0 aliphatic heterocycles. The van der Waals surface area contributed by atoms with Crippen LogP contribution in [0.25, 0.3) is 0 Å². The largest absolute Gasteiger partial charge is 0.441 e. The van der Waals surface area contributed by atoms with Crippen LogP contribution in [-0.2, 0) is 13.5 Å². The van der Waals surface area contributed by atoms with Gasteiger partial charge >= 0.3 is 5.76 Å². The molecular weight excluding hydrogens is 190 g/mol. The molecule has 0 aliphatic rings. The summed E-state index contributed by atoms with van der Waals surface area (Å²) in [6, 6.07) is 0. The van der Waals surface area contributed by atoms with Crippen molar-refractivity contribution in [1.29, 1.82) is 0 Å². The first-order chi connectivity index (χ1) is 6.27. The van der Waals surface area contributed by atoms with Gasteiger partial charge in [-0.05, 0) is 0 Å². The third kappa shape index (κ3) is 1.52. The molecule has 0 N–H and O–H groups in total. The molecule has 13 heavy (non-hydrogen) atoms. The zero-order valence-electron chi connectivity index (χ0n) is 6.93. The van der Waals surface area contributed by atoms with Gasteiger partial charge in [0, 0.05) is 24.5 Å². The van der Waals surface area contributed by atoms with Crippen LogP contribution in [0.3, 0.4) is 0 Å². The Kier molecular flexibility index (Phi) is 1.97. The number of hydrogen-bond acceptors (Lipinski definition) is 5. The number of aromatic nitrogens is 3. The lowest BCUT2D eigenvalue weighted by molar-refractivity contribution is 0.377. The van der Waals surface area contributed by atoms with Gasteiger partial charge in [0.25, 0.3) is 0 Å². The Labute approximate surface area is 77.6 Å². The Bertz CT molecular complexity index is 443. The predicted molar refractivity (Wildman–Crippen MR) is 46.7 cm³/mol. The van der Waals surface area contributed by atoms with Gasteiger partial charge < -0.3 is 0 Å². The normalized spacial score (nSPS) is 10.5. The van der Waals surface area contributed by atoms with Crippen molar-refractivity contribution in [3.8, 4) is 0 Å². The molecule has 0 bridgehead atoms. The van der Waals surface area contributed by atoms with Crippen molar-refractivity contribution in [2.24, 2.45) is 7.05 Å². The minimum atomic E-state index is -0.431. The van der Waals surface area contributed by atoms with Crippen LogP contribution in [0.4, 0.5) is 0 Å². The van der Waals surface area contributed by atoms with Crippen LogP contribution in [0.15, 0.2) is 21.0 Å². The quantitative estimate of drug-likeness (QED) is 0.700. The number of nitrogens with zero attached hydrogens (tertiary/aromatic N) is 3. The first-order valence-corrected chi connectivity index (χ1v) is 4.54. The number of thiazole rings is 1. The molecule has 0 unspecified atom stereocenters. The first kappa shape index (κ1) is 8.18. The highest BCUT2D eigenvalue weighted by Gasteiger charge is 2.07. The molecule has 0 atom stereocenters. The third-order valence-corrected chi connectivity index (χ3v) is 2.49. The SMILES string of the molecule is Cn1c(Cc2cncs2)noc1=O. The van der Waals surface area contributed by atoms with Gasteiger partial charge in [-0.1, -0.05) is 5.16 Å². The zero-order chi connectivity index (χ0) is 9.26. The summed E-state index contributed by atoms with van der Waals surface area (Å²) >= 11 is 1.53. The zero-order valence-corrected chi connectivity index (χ0v) is 7.74. The van der Waals surface area contributed by atoms with Crippen LogP contribution in [0.1, 0.15) is 10.7 Å². The molecule has 0 spiro atoms. The summed E-state index contributed by atoms with van der Waals surface area (Å²) in [6.45, 7) is 0. The average Bonchev–Trinajstić information content (AvgIpc) is 2.71. The summed E-state index contributed by atoms with van der Waals surface area (Å²) in [5.41, 5.74) is 1.74. The maximum atomic E-state index is 10.9. The summed E-state index contributed by atoms with van der Waals surface area (Å²) in [5.74, 6) is 0.189. The van der Waals surface area contributed by atoms with Crippen LogP contribution < -0.4 is 5.76 Å². The van der Waals surface area contributed by atoms with Crippen LogP contribution in [0, 0.1) is 0 Å². The molecule has 0 saturated carbocycles. The fourth-order valence-electron chi connectivity index (χ4n) is 0.956. The molecule has 0 aromatic carbocycles. The van der Waals surface area contributed by atoms with E-state index in [1.807, 2.05) is 0 Å². The standard InChI is InChI=1S/C7H7N3O2S/c1-10-6(9-12-7(10)11)2-5-3-8-4-13-5/h3-4H,2H2,1H3. The van der Waals surface area contributed by atoms with E-state index in [4.69, 9.17) is 0 Å². The highest BCUT2D eigenvalue weighted by molar-refractivity contribution is 7.09. The predicted octanol–water partition coefficient (Wildman–Crippen LogP) is 0.421. The highest BCUT2D eigenvalue weighted by atomic mass is 32.1. The molecule has 68 valence electrons. The van der Waals surface area contributed by atoms with Crippen molar-refractivity contribution in [2.75, 3.05) is 0 Å². The molecule has 2 aromatic heterocycles. The molecule has 0 amide bonds. The monoisotopic (exact) mass is 197 g/mol. The maximum absolute atomic E-state index is 10.9. The van der Waals surface area contributed by atoms with Gasteiger partial charge in [-0.2, -0.15) is 0 Å². The summed E-state index contributed by atoms with van der Waals surface area (Å²) in [5, 5.41) is 3.64. The summed E-state index contributed by atoms with van der Waals surface area (Å²) < 4.78 is 5.87. The maximum Gasteiger partial charge on any atom is 0.441 e. The van der Waals surface area contributed by atoms with Crippen molar-refractivity contribution < 1.29 is 4.52 Å². The Hall–Kier alpha value is -1.43. The molecular formula is C7H7N3O2S. The van der Waals surface area contributed by atoms with E-state index in [-0.39, 0.29) is 0 Å². The minimum absolute atomic E-state index is 0.431. The average molecular weight is 197 g/mol.